The Labute approximate surface area is 155 Å². The molecule has 3 rings (SSSR count). The van der Waals surface area contributed by atoms with Crippen molar-refractivity contribution in [3.8, 4) is 5.75 Å². The summed E-state index contributed by atoms with van der Waals surface area (Å²) in [6, 6.07) is 16.8. The largest absolute Gasteiger partial charge is 0.484 e. The van der Waals surface area contributed by atoms with E-state index >= 15 is 0 Å². The van der Waals surface area contributed by atoms with Crippen LogP contribution in [0, 0.1) is 0 Å². The Morgan fingerprint density at radius 1 is 1.07 bits per heavy atom. The fourth-order valence-corrected chi connectivity index (χ4v) is 2.66. The minimum Gasteiger partial charge on any atom is -0.484 e. The lowest BCUT2D eigenvalue weighted by Gasteiger charge is -2.16. The molecule has 0 radical (unpaired) electrons. The SMILES string of the molecule is CC(=O)[C@H](Cc1ccccc1)NC(=O)COc1ccc2ccc(=O)oc2c1. The fraction of sp³-hybridized carbons (Fsp3) is 0.190. The first-order valence-corrected chi connectivity index (χ1v) is 8.52. The number of nitrogens with one attached hydrogen (secondary N) is 1. The van der Waals surface area contributed by atoms with Gasteiger partial charge in [0.2, 0.25) is 0 Å². The highest BCUT2D eigenvalue weighted by molar-refractivity contribution is 5.88. The summed E-state index contributed by atoms with van der Waals surface area (Å²) in [6.45, 7) is 1.20. The first kappa shape index (κ1) is 18.4. The molecule has 138 valence electrons. The van der Waals surface area contributed by atoms with Crippen molar-refractivity contribution < 1.29 is 18.7 Å². The van der Waals surface area contributed by atoms with Crippen LogP contribution in [-0.2, 0) is 16.0 Å². The molecule has 6 heteroatoms. The Bertz CT molecular complexity index is 1010. The van der Waals surface area contributed by atoms with Gasteiger partial charge in [0.15, 0.2) is 12.4 Å². The van der Waals surface area contributed by atoms with Crippen molar-refractivity contribution in [2.75, 3.05) is 6.61 Å². The van der Waals surface area contributed by atoms with Crippen LogP contribution < -0.4 is 15.7 Å². The van der Waals surface area contributed by atoms with Crippen molar-refractivity contribution in [1.82, 2.24) is 5.32 Å². The van der Waals surface area contributed by atoms with Crippen molar-refractivity contribution in [2.45, 2.75) is 19.4 Å². The molecule has 0 saturated carbocycles. The summed E-state index contributed by atoms with van der Waals surface area (Å²) in [4.78, 5) is 35.3. The van der Waals surface area contributed by atoms with Crippen LogP contribution in [0.15, 0.2) is 69.9 Å². The van der Waals surface area contributed by atoms with Crippen LogP contribution in [0.2, 0.25) is 0 Å². The standard InChI is InChI=1S/C21H19NO5/c1-14(23)18(11-15-5-3-2-4-6-15)22-20(24)13-26-17-9-7-16-8-10-21(25)27-19(16)12-17/h2-10,12,18H,11,13H2,1H3,(H,22,24)/t18-/m0/s1. The molecule has 0 spiro atoms. The van der Waals surface area contributed by atoms with Gasteiger partial charge in [-0.1, -0.05) is 30.3 Å². The Kier molecular flexibility index (Phi) is 5.66. The van der Waals surface area contributed by atoms with Crippen molar-refractivity contribution >= 4 is 22.7 Å². The highest BCUT2D eigenvalue weighted by Gasteiger charge is 2.18. The second kappa shape index (κ2) is 8.31. The summed E-state index contributed by atoms with van der Waals surface area (Å²) in [5.41, 5.74) is 0.886. The van der Waals surface area contributed by atoms with Crippen LogP contribution in [0.3, 0.4) is 0 Å². The van der Waals surface area contributed by atoms with E-state index in [-0.39, 0.29) is 12.4 Å². The topological polar surface area (TPSA) is 85.6 Å². The molecule has 0 unspecified atom stereocenters. The van der Waals surface area contributed by atoms with Crippen molar-refractivity contribution in [3.05, 3.63) is 76.6 Å². The van der Waals surface area contributed by atoms with Gasteiger partial charge in [0, 0.05) is 17.5 Å². The molecule has 0 saturated heterocycles. The Hall–Kier alpha value is -3.41. The highest BCUT2D eigenvalue weighted by Crippen LogP contribution is 2.19. The summed E-state index contributed by atoms with van der Waals surface area (Å²) in [6.07, 6.45) is 0.420. The second-order valence-electron chi connectivity index (χ2n) is 6.16. The van der Waals surface area contributed by atoms with E-state index in [2.05, 4.69) is 5.32 Å². The van der Waals surface area contributed by atoms with Gasteiger partial charge in [0.05, 0.1) is 6.04 Å². The molecule has 6 nitrogen and oxygen atoms in total. The third-order valence-electron chi connectivity index (χ3n) is 4.07. The van der Waals surface area contributed by atoms with E-state index in [4.69, 9.17) is 9.15 Å². The summed E-state index contributed by atoms with van der Waals surface area (Å²) in [7, 11) is 0. The molecule has 2 aromatic carbocycles. The lowest BCUT2D eigenvalue weighted by atomic mass is 10.0. The number of carbonyl (C=O) groups is 2. The minimum absolute atomic E-state index is 0.125. The normalized spacial score (nSPS) is 11.7. The second-order valence-corrected chi connectivity index (χ2v) is 6.16. The number of carbonyl (C=O) groups excluding carboxylic acids is 2. The molecule has 0 bridgehead atoms. The van der Waals surface area contributed by atoms with Gasteiger partial charge in [0.1, 0.15) is 11.3 Å². The molecule has 0 fully saturated rings. The van der Waals surface area contributed by atoms with Gasteiger partial charge in [-0.25, -0.2) is 4.79 Å². The summed E-state index contributed by atoms with van der Waals surface area (Å²) in [5, 5.41) is 3.45. The third kappa shape index (κ3) is 5.04. The number of fused-ring (bicyclic) bond motifs is 1. The average Bonchev–Trinajstić information content (AvgIpc) is 2.66. The third-order valence-corrected chi connectivity index (χ3v) is 4.07. The zero-order valence-corrected chi connectivity index (χ0v) is 14.8. The van der Waals surface area contributed by atoms with Gasteiger partial charge >= 0.3 is 5.63 Å². The first-order chi connectivity index (χ1) is 13.0. The molecule has 1 N–H and O–H groups in total. The maximum atomic E-state index is 12.2. The summed E-state index contributed by atoms with van der Waals surface area (Å²) < 4.78 is 10.6. The van der Waals surface area contributed by atoms with Crippen molar-refractivity contribution in [3.63, 3.8) is 0 Å². The van der Waals surface area contributed by atoms with Crippen molar-refractivity contribution in [1.29, 1.82) is 0 Å². The van der Waals surface area contributed by atoms with Crippen LogP contribution in [0.25, 0.3) is 11.0 Å². The molecular formula is C21H19NO5. The van der Waals surface area contributed by atoms with E-state index < -0.39 is 17.6 Å². The fourth-order valence-electron chi connectivity index (χ4n) is 2.66. The molecule has 0 aliphatic heterocycles. The molecular weight excluding hydrogens is 346 g/mol. The molecule has 0 aliphatic rings. The first-order valence-electron chi connectivity index (χ1n) is 8.52. The van der Waals surface area contributed by atoms with Gasteiger partial charge < -0.3 is 14.5 Å². The quantitative estimate of drug-likeness (QED) is 0.650. The average molecular weight is 365 g/mol. The molecule has 3 aromatic rings. The van der Waals surface area contributed by atoms with E-state index in [1.807, 2.05) is 30.3 Å². The van der Waals surface area contributed by atoms with Crippen LogP contribution in [0.5, 0.6) is 5.75 Å². The maximum absolute atomic E-state index is 12.2. The number of hydrogen-bond acceptors (Lipinski definition) is 5. The number of amides is 1. The van der Waals surface area contributed by atoms with Crippen molar-refractivity contribution in [2.24, 2.45) is 0 Å². The van der Waals surface area contributed by atoms with Gasteiger partial charge in [0.25, 0.3) is 5.91 Å². The number of rotatable bonds is 7. The molecule has 27 heavy (non-hydrogen) atoms. The van der Waals surface area contributed by atoms with Gasteiger partial charge in [-0.15, -0.1) is 0 Å². The Morgan fingerprint density at radius 3 is 2.56 bits per heavy atom. The predicted molar refractivity (Wildman–Crippen MR) is 101 cm³/mol. The minimum atomic E-state index is -0.613. The van der Waals surface area contributed by atoms with Gasteiger partial charge in [-0.3, -0.25) is 9.59 Å². The number of benzene rings is 2. The van der Waals surface area contributed by atoms with Gasteiger partial charge in [-0.2, -0.15) is 0 Å². The van der Waals surface area contributed by atoms with E-state index in [1.165, 1.54) is 13.0 Å². The lowest BCUT2D eigenvalue weighted by Crippen LogP contribution is -2.43. The number of ketones is 1. The van der Waals surface area contributed by atoms with E-state index in [9.17, 15) is 14.4 Å². The van der Waals surface area contributed by atoms with Crippen LogP contribution >= 0.6 is 0 Å². The van der Waals surface area contributed by atoms with Crippen LogP contribution in [0.1, 0.15) is 12.5 Å². The molecule has 1 amide bonds. The zero-order valence-electron chi connectivity index (χ0n) is 14.8. The smallest absolute Gasteiger partial charge is 0.336 e. The van der Waals surface area contributed by atoms with Gasteiger partial charge in [-0.05, 0) is 37.1 Å². The number of hydrogen-bond donors (Lipinski definition) is 1. The lowest BCUT2D eigenvalue weighted by molar-refractivity contribution is -0.128. The monoisotopic (exact) mass is 365 g/mol. The van der Waals surface area contributed by atoms with E-state index in [1.54, 1.807) is 24.3 Å². The summed E-state index contributed by atoms with van der Waals surface area (Å²) in [5.74, 6) is -0.130. The van der Waals surface area contributed by atoms with Crippen LogP contribution in [-0.4, -0.2) is 24.3 Å². The number of ether oxygens (including phenoxy) is 1. The predicted octanol–water partition coefficient (Wildman–Crippen LogP) is 2.49. The van der Waals surface area contributed by atoms with E-state index in [0.717, 1.165) is 10.9 Å². The molecule has 1 aromatic heterocycles. The molecule has 1 atom stereocenters. The zero-order chi connectivity index (χ0) is 19.2. The summed E-state index contributed by atoms with van der Waals surface area (Å²) >= 11 is 0. The maximum Gasteiger partial charge on any atom is 0.336 e. The Balaban J connectivity index is 1.61. The molecule has 1 heterocycles. The van der Waals surface area contributed by atoms with E-state index in [0.29, 0.717) is 17.8 Å². The highest BCUT2D eigenvalue weighted by atomic mass is 16.5. The Morgan fingerprint density at radius 2 is 1.81 bits per heavy atom. The van der Waals surface area contributed by atoms with Crippen LogP contribution in [0.4, 0.5) is 0 Å². The number of Topliss-reactive ketones (excluding diaryl/α,β-unsaturated/α-hetero) is 1. The molecule has 0 aliphatic carbocycles.